The highest BCUT2D eigenvalue weighted by molar-refractivity contribution is 5.93. The van der Waals surface area contributed by atoms with Crippen molar-refractivity contribution >= 4 is 11.7 Å². The number of carboxylic acids is 1. The number of nitrogens with one attached hydrogen (secondary N) is 1. The first-order valence-corrected chi connectivity index (χ1v) is 8.27. The maximum Gasteiger partial charge on any atom is 0.337 e. The van der Waals surface area contributed by atoms with Crippen molar-refractivity contribution in [1.29, 1.82) is 0 Å². The summed E-state index contributed by atoms with van der Waals surface area (Å²) in [5, 5.41) is 12.4. The number of fused-ring (bicyclic) bond motifs is 1. The van der Waals surface area contributed by atoms with Crippen LogP contribution in [0.15, 0.2) is 36.7 Å². The van der Waals surface area contributed by atoms with E-state index in [4.69, 9.17) is 4.74 Å². The van der Waals surface area contributed by atoms with Gasteiger partial charge in [-0.05, 0) is 60.9 Å². The second-order valence-electron chi connectivity index (χ2n) is 6.10. The molecule has 3 rings (SSSR count). The van der Waals surface area contributed by atoms with E-state index in [-0.39, 0.29) is 5.56 Å². The molecule has 5 nitrogen and oxygen atoms in total. The lowest BCUT2D eigenvalue weighted by Gasteiger charge is -2.26. The summed E-state index contributed by atoms with van der Waals surface area (Å²) >= 11 is 0. The summed E-state index contributed by atoms with van der Waals surface area (Å²) in [5.74, 6) is 0.473. The molecule has 1 aliphatic rings. The minimum absolute atomic E-state index is 0.263. The number of rotatable bonds is 6. The Hall–Kier alpha value is -2.56. The van der Waals surface area contributed by atoms with E-state index in [0.29, 0.717) is 11.6 Å². The van der Waals surface area contributed by atoms with Crippen LogP contribution in [0.3, 0.4) is 0 Å². The Morgan fingerprint density at radius 2 is 2.29 bits per heavy atom. The number of hydrogen-bond donors (Lipinski definition) is 2. The first-order chi connectivity index (χ1) is 11.7. The smallest absolute Gasteiger partial charge is 0.337 e. The van der Waals surface area contributed by atoms with Gasteiger partial charge >= 0.3 is 5.97 Å². The molecule has 0 saturated heterocycles. The van der Waals surface area contributed by atoms with Crippen LogP contribution in [0.1, 0.15) is 46.7 Å². The van der Waals surface area contributed by atoms with E-state index >= 15 is 0 Å². The minimum atomic E-state index is -0.935. The summed E-state index contributed by atoms with van der Waals surface area (Å²) in [5.41, 5.74) is 3.61. The van der Waals surface area contributed by atoms with Gasteiger partial charge < -0.3 is 15.2 Å². The van der Waals surface area contributed by atoms with E-state index in [1.165, 1.54) is 36.2 Å². The molecular weight excluding hydrogens is 304 g/mol. The van der Waals surface area contributed by atoms with E-state index in [1.807, 2.05) is 6.07 Å². The van der Waals surface area contributed by atoms with Crippen LogP contribution in [0.25, 0.3) is 0 Å². The van der Waals surface area contributed by atoms with E-state index in [1.54, 1.807) is 13.3 Å². The van der Waals surface area contributed by atoms with Crippen LogP contribution in [0.5, 0.6) is 5.75 Å². The Morgan fingerprint density at radius 3 is 3.08 bits per heavy atom. The predicted octanol–water partition coefficient (Wildman–Crippen LogP) is 3.71. The molecule has 1 aliphatic carbocycles. The lowest BCUT2D eigenvalue weighted by atomic mass is 9.81. The number of ether oxygens (including phenoxy) is 1. The highest BCUT2D eigenvalue weighted by Crippen LogP contribution is 2.35. The fraction of sp³-hybridized carbons (Fsp3) is 0.368. The number of benzene rings is 1. The molecule has 24 heavy (non-hydrogen) atoms. The van der Waals surface area contributed by atoms with E-state index in [0.717, 1.165) is 25.1 Å². The molecule has 1 heterocycles. The van der Waals surface area contributed by atoms with Crippen LogP contribution in [0, 0.1) is 0 Å². The number of hydrogen-bond acceptors (Lipinski definition) is 4. The van der Waals surface area contributed by atoms with Crippen LogP contribution >= 0.6 is 0 Å². The van der Waals surface area contributed by atoms with Gasteiger partial charge in [-0.25, -0.2) is 4.79 Å². The standard InChI is InChI=1S/C19H22N2O3/c1-24-15-5-6-16-13(3-2-4-14(16)11-15)7-10-21-18-12-20-9-8-17(18)19(22)23/h5-6,8-9,11-13,21H,2-4,7,10H2,1H3,(H,22,23). The molecule has 0 spiro atoms. The minimum Gasteiger partial charge on any atom is -0.497 e. The van der Waals surface area contributed by atoms with Crippen molar-refractivity contribution < 1.29 is 14.6 Å². The zero-order chi connectivity index (χ0) is 16.9. The molecular formula is C19H22N2O3. The highest BCUT2D eigenvalue weighted by Gasteiger charge is 2.20. The van der Waals surface area contributed by atoms with Gasteiger partial charge in [-0.15, -0.1) is 0 Å². The Morgan fingerprint density at radius 1 is 1.42 bits per heavy atom. The van der Waals surface area contributed by atoms with Gasteiger partial charge in [0.05, 0.1) is 24.6 Å². The third kappa shape index (κ3) is 3.50. The molecule has 0 radical (unpaired) electrons. The van der Waals surface area contributed by atoms with Crippen molar-refractivity contribution in [3.05, 3.63) is 53.3 Å². The van der Waals surface area contributed by atoms with Crippen molar-refractivity contribution in [1.82, 2.24) is 4.98 Å². The Labute approximate surface area is 141 Å². The number of aromatic nitrogens is 1. The van der Waals surface area contributed by atoms with Crippen molar-refractivity contribution in [2.75, 3.05) is 19.0 Å². The molecule has 5 heteroatoms. The van der Waals surface area contributed by atoms with Gasteiger partial charge in [0.1, 0.15) is 5.75 Å². The van der Waals surface area contributed by atoms with Gasteiger partial charge in [0.25, 0.3) is 0 Å². The molecule has 0 fully saturated rings. The monoisotopic (exact) mass is 326 g/mol. The Kier molecular flexibility index (Phi) is 4.99. The summed E-state index contributed by atoms with van der Waals surface area (Å²) in [7, 11) is 1.69. The number of aryl methyl sites for hydroxylation is 1. The summed E-state index contributed by atoms with van der Waals surface area (Å²) < 4.78 is 5.32. The van der Waals surface area contributed by atoms with Crippen LogP contribution in [-0.4, -0.2) is 29.7 Å². The van der Waals surface area contributed by atoms with E-state index in [2.05, 4.69) is 22.4 Å². The van der Waals surface area contributed by atoms with Gasteiger partial charge in [0.15, 0.2) is 0 Å². The van der Waals surface area contributed by atoms with Crippen molar-refractivity contribution in [3.8, 4) is 5.75 Å². The van der Waals surface area contributed by atoms with E-state index < -0.39 is 5.97 Å². The molecule has 2 aromatic rings. The predicted molar refractivity (Wildman–Crippen MR) is 93.0 cm³/mol. The fourth-order valence-electron chi connectivity index (χ4n) is 3.42. The number of aromatic carboxylic acids is 1. The van der Waals surface area contributed by atoms with Crippen molar-refractivity contribution in [3.63, 3.8) is 0 Å². The van der Waals surface area contributed by atoms with Crippen LogP contribution in [0.4, 0.5) is 5.69 Å². The topological polar surface area (TPSA) is 71.5 Å². The summed E-state index contributed by atoms with van der Waals surface area (Å²) in [6.45, 7) is 0.724. The molecule has 126 valence electrons. The molecule has 2 N–H and O–H groups in total. The van der Waals surface area contributed by atoms with Gasteiger partial charge in [-0.2, -0.15) is 0 Å². The molecule has 1 aromatic heterocycles. The van der Waals surface area contributed by atoms with Gasteiger partial charge in [-0.3, -0.25) is 4.98 Å². The van der Waals surface area contributed by atoms with Gasteiger partial charge in [0, 0.05) is 12.7 Å². The normalized spacial score (nSPS) is 16.3. The van der Waals surface area contributed by atoms with Gasteiger partial charge in [0.2, 0.25) is 0 Å². The molecule has 1 aromatic carbocycles. The number of carboxylic acid groups (broad SMARTS) is 1. The fourth-order valence-corrected chi connectivity index (χ4v) is 3.42. The average Bonchev–Trinajstić information content (AvgIpc) is 2.61. The molecule has 0 aliphatic heterocycles. The highest BCUT2D eigenvalue weighted by atomic mass is 16.5. The maximum atomic E-state index is 11.2. The Bertz CT molecular complexity index is 730. The molecule has 0 amide bonds. The molecule has 0 bridgehead atoms. The largest absolute Gasteiger partial charge is 0.497 e. The van der Waals surface area contributed by atoms with E-state index in [9.17, 15) is 9.90 Å². The number of pyridine rings is 1. The third-order valence-corrected chi connectivity index (χ3v) is 4.65. The first kappa shape index (κ1) is 16.3. The lowest BCUT2D eigenvalue weighted by Crippen LogP contribution is -2.15. The summed E-state index contributed by atoms with van der Waals surface area (Å²) in [4.78, 5) is 15.2. The molecule has 0 saturated carbocycles. The summed E-state index contributed by atoms with van der Waals surface area (Å²) in [6, 6.07) is 7.85. The maximum absolute atomic E-state index is 11.2. The number of carbonyl (C=O) groups is 1. The quantitative estimate of drug-likeness (QED) is 0.847. The van der Waals surface area contributed by atoms with Crippen molar-refractivity contribution in [2.24, 2.45) is 0 Å². The van der Waals surface area contributed by atoms with Gasteiger partial charge in [-0.1, -0.05) is 6.07 Å². The number of nitrogens with zero attached hydrogens (tertiary/aromatic N) is 1. The van der Waals surface area contributed by atoms with Crippen LogP contribution in [-0.2, 0) is 6.42 Å². The second kappa shape index (κ2) is 7.34. The number of methoxy groups -OCH3 is 1. The first-order valence-electron chi connectivity index (χ1n) is 8.27. The van der Waals surface area contributed by atoms with Crippen LogP contribution in [0.2, 0.25) is 0 Å². The Balaban J connectivity index is 1.66. The lowest BCUT2D eigenvalue weighted by molar-refractivity contribution is 0.0698. The third-order valence-electron chi connectivity index (χ3n) is 4.65. The average molecular weight is 326 g/mol. The second-order valence-corrected chi connectivity index (χ2v) is 6.10. The van der Waals surface area contributed by atoms with Crippen LogP contribution < -0.4 is 10.1 Å². The number of anilines is 1. The zero-order valence-electron chi connectivity index (χ0n) is 13.8. The summed E-state index contributed by atoms with van der Waals surface area (Å²) in [6.07, 6.45) is 7.48. The zero-order valence-corrected chi connectivity index (χ0v) is 13.8. The SMILES string of the molecule is COc1ccc2c(c1)CCCC2CCNc1cnccc1C(=O)O. The molecule has 1 unspecified atom stereocenters. The molecule has 1 atom stereocenters. The van der Waals surface area contributed by atoms with Crippen molar-refractivity contribution in [2.45, 2.75) is 31.6 Å².